The summed E-state index contributed by atoms with van der Waals surface area (Å²) in [7, 11) is 0. The fraction of sp³-hybridized carbons (Fsp3) is 0.400. The van der Waals surface area contributed by atoms with Crippen LogP contribution in [0.25, 0.3) is 0 Å². The Morgan fingerprint density at radius 2 is 2.11 bits per heavy atom. The number of aliphatic hydroxyl groups is 1. The predicted molar refractivity (Wildman–Crippen MR) is 75.8 cm³/mol. The molecule has 2 aromatic rings. The monoisotopic (exact) mass is 259 g/mol. The van der Waals surface area contributed by atoms with Gasteiger partial charge in [-0.1, -0.05) is 30.3 Å². The second kappa shape index (κ2) is 7.07. The van der Waals surface area contributed by atoms with Gasteiger partial charge in [-0.15, -0.1) is 0 Å². The fourth-order valence-corrected chi connectivity index (χ4v) is 2.13. The lowest BCUT2D eigenvalue weighted by Crippen LogP contribution is -2.34. The number of rotatable bonds is 7. The third kappa shape index (κ3) is 3.91. The highest BCUT2D eigenvalue weighted by atomic mass is 16.3. The number of aromatic nitrogens is 2. The van der Waals surface area contributed by atoms with E-state index in [-0.39, 0.29) is 12.6 Å². The summed E-state index contributed by atoms with van der Waals surface area (Å²) in [6.45, 7) is 3.82. The van der Waals surface area contributed by atoms with Crippen molar-refractivity contribution in [1.29, 1.82) is 0 Å². The van der Waals surface area contributed by atoms with Crippen molar-refractivity contribution in [3.8, 4) is 0 Å². The third-order valence-electron chi connectivity index (χ3n) is 3.24. The van der Waals surface area contributed by atoms with Crippen molar-refractivity contribution in [1.82, 2.24) is 14.9 Å². The van der Waals surface area contributed by atoms with Gasteiger partial charge in [-0.05, 0) is 18.9 Å². The van der Waals surface area contributed by atoms with E-state index in [1.807, 2.05) is 30.6 Å². The molecule has 2 rings (SSSR count). The molecule has 0 fully saturated rings. The van der Waals surface area contributed by atoms with Gasteiger partial charge in [-0.25, -0.2) is 4.98 Å². The molecule has 0 aliphatic rings. The first-order chi connectivity index (χ1) is 9.33. The molecule has 1 aromatic carbocycles. The summed E-state index contributed by atoms with van der Waals surface area (Å²) < 4.78 is 2.10. The summed E-state index contributed by atoms with van der Waals surface area (Å²) in [5.74, 6) is 1.01. The van der Waals surface area contributed by atoms with Gasteiger partial charge in [0.25, 0.3) is 0 Å². The van der Waals surface area contributed by atoms with Gasteiger partial charge in [0.1, 0.15) is 5.82 Å². The average Bonchev–Trinajstić information content (AvgIpc) is 2.92. The normalized spacial score (nSPS) is 12.5. The minimum Gasteiger partial charge on any atom is -0.395 e. The lowest BCUT2D eigenvalue weighted by Gasteiger charge is -2.16. The molecule has 0 bridgehead atoms. The van der Waals surface area contributed by atoms with Crippen LogP contribution >= 0.6 is 0 Å². The Morgan fingerprint density at radius 3 is 2.79 bits per heavy atom. The molecule has 0 amide bonds. The van der Waals surface area contributed by atoms with E-state index in [4.69, 9.17) is 0 Å². The van der Waals surface area contributed by atoms with E-state index in [1.54, 1.807) is 0 Å². The molecule has 4 heteroatoms. The first kappa shape index (κ1) is 13.8. The van der Waals surface area contributed by atoms with Gasteiger partial charge in [0, 0.05) is 25.0 Å². The van der Waals surface area contributed by atoms with E-state index in [9.17, 15) is 5.11 Å². The standard InChI is InChI=1S/C15H21N3O/c1-2-18-9-8-16-15(18)11-17-14(12-19)10-13-6-4-3-5-7-13/h3-9,14,17,19H,2,10-12H2,1H3/t14-/m0/s1. The molecule has 0 aliphatic carbocycles. The Hall–Kier alpha value is -1.65. The topological polar surface area (TPSA) is 50.1 Å². The molecule has 0 radical (unpaired) electrons. The molecule has 2 N–H and O–H groups in total. The van der Waals surface area contributed by atoms with Crippen LogP contribution < -0.4 is 5.32 Å². The highest BCUT2D eigenvalue weighted by molar-refractivity contribution is 5.15. The van der Waals surface area contributed by atoms with E-state index in [2.05, 4.69) is 33.9 Å². The number of aliphatic hydroxyl groups excluding tert-OH is 1. The molecular formula is C15H21N3O. The summed E-state index contributed by atoms with van der Waals surface area (Å²) in [6.07, 6.45) is 4.61. The Morgan fingerprint density at radius 1 is 1.32 bits per heavy atom. The molecular weight excluding hydrogens is 238 g/mol. The van der Waals surface area contributed by atoms with E-state index in [0.29, 0.717) is 6.54 Å². The Labute approximate surface area is 114 Å². The molecule has 102 valence electrons. The zero-order valence-corrected chi connectivity index (χ0v) is 11.3. The van der Waals surface area contributed by atoms with E-state index < -0.39 is 0 Å². The number of imidazole rings is 1. The molecule has 0 spiro atoms. The average molecular weight is 259 g/mol. The van der Waals surface area contributed by atoms with Crippen LogP contribution in [0.2, 0.25) is 0 Å². The maximum Gasteiger partial charge on any atom is 0.122 e. The summed E-state index contributed by atoms with van der Waals surface area (Å²) in [6, 6.07) is 10.3. The van der Waals surface area contributed by atoms with Crippen LogP contribution in [0.5, 0.6) is 0 Å². The molecule has 1 atom stereocenters. The van der Waals surface area contributed by atoms with Crippen LogP contribution in [0.15, 0.2) is 42.7 Å². The highest BCUT2D eigenvalue weighted by Gasteiger charge is 2.09. The van der Waals surface area contributed by atoms with Gasteiger partial charge < -0.3 is 15.0 Å². The smallest absolute Gasteiger partial charge is 0.122 e. The lowest BCUT2D eigenvalue weighted by molar-refractivity contribution is 0.239. The first-order valence-electron chi connectivity index (χ1n) is 6.71. The SMILES string of the molecule is CCn1ccnc1CN[C@H](CO)Cc1ccccc1. The van der Waals surface area contributed by atoms with Crippen LogP contribution in [0, 0.1) is 0 Å². The second-order valence-electron chi connectivity index (χ2n) is 4.58. The largest absolute Gasteiger partial charge is 0.395 e. The molecule has 0 unspecified atom stereocenters. The maximum absolute atomic E-state index is 9.45. The minimum atomic E-state index is 0.0596. The van der Waals surface area contributed by atoms with E-state index in [1.165, 1.54) is 5.56 Å². The molecule has 4 nitrogen and oxygen atoms in total. The summed E-state index contributed by atoms with van der Waals surface area (Å²) in [5, 5.41) is 12.8. The van der Waals surface area contributed by atoms with Crippen molar-refractivity contribution in [2.75, 3.05) is 6.61 Å². The van der Waals surface area contributed by atoms with E-state index >= 15 is 0 Å². The van der Waals surface area contributed by atoms with Crippen LogP contribution in [-0.4, -0.2) is 27.3 Å². The number of nitrogens with one attached hydrogen (secondary N) is 1. The maximum atomic E-state index is 9.45. The van der Waals surface area contributed by atoms with Crippen molar-refractivity contribution in [3.63, 3.8) is 0 Å². The lowest BCUT2D eigenvalue weighted by atomic mass is 10.1. The summed E-state index contributed by atoms with van der Waals surface area (Å²) >= 11 is 0. The van der Waals surface area contributed by atoms with Crippen molar-refractivity contribution in [2.24, 2.45) is 0 Å². The summed E-state index contributed by atoms with van der Waals surface area (Å²) in [4.78, 5) is 4.32. The zero-order chi connectivity index (χ0) is 13.5. The number of hydrogen-bond donors (Lipinski definition) is 2. The fourth-order valence-electron chi connectivity index (χ4n) is 2.13. The van der Waals surface area contributed by atoms with Gasteiger partial charge in [0.15, 0.2) is 0 Å². The molecule has 0 aliphatic heterocycles. The predicted octanol–water partition coefficient (Wildman–Crippen LogP) is 1.60. The Bertz CT molecular complexity index is 481. The molecule has 1 aromatic heterocycles. The van der Waals surface area contributed by atoms with Gasteiger partial charge in [-0.3, -0.25) is 0 Å². The zero-order valence-electron chi connectivity index (χ0n) is 11.3. The van der Waals surface area contributed by atoms with Gasteiger partial charge in [-0.2, -0.15) is 0 Å². The third-order valence-corrected chi connectivity index (χ3v) is 3.24. The highest BCUT2D eigenvalue weighted by Crippen LogP contribution is 2.04. The van der Waals surface area contributed by atoms with Crippen LogP contribution in [0.3, 0.4) is 0 Å². The van der Waals surface area contributed by atoms with Crippen molar-refractivity contribution >= 4 is 0 Å². The number of aryl methyl sites for hydroxylation is 1. The Kier molecular flexibility index (Phi) is 5.12. The Balaban J connectivity index is 1.89. The minimum absolute atomic E-state index is 0.0596. The number of hydrogen-bond acceptors (Lipinski definition) is 3. The summed E-state index contributed by atoms with van der Waals surface area (Å²) in [5.41, 5.74) is 1.23. The second-order valence-corrected chi connectivity index (χ2v) is 4.58. The van der Waals surface area contributed by atoms with Crippen LogP contribution in [-0.2, 0) is 19.5 Å². The molecule has 0 saturated heterocycles. The molecule has 1 heterocycles. The van der Waals surface area contributed by atoms with Gasteiger partial charge in [0.05, 0.1) is 13.2 Å². The first-order valence-corrected chi connectivity index (χ1v) is 6.71. The number of nitrogens with zero attached hydrogens (tertiary/aromatic N) is 2. The van der Waals surface area contributed by atoms with Gasteiger partial charge in [0.2, 0.25) is 0 Å². The van der Waals surface area contributed by atoms with E-state index in [0.717, 1.165) is 18.8 Å². The number of benzene rings is 1. The van der Waals surface area contributed by atoms with Crippen molar-refractivity contribution in [2.45, 2.75) is 32.5 Å². The van der Waals surface area contributed by atoms with Crippen molar-refractivity contribution in [3.05, 3.63) is 54.1 Å². The van der Waals surface area contributed by atoms with Crippen molar-refractivity contribution < 1.29 is 5.11 Å². The van der Waals surface area contributed by atoms with Crippen LogP contribution in [0.1, 0.15) is 18.3 Å². The van der Waals surface area contributed by atoms with Gasteiger partial charge >= 0.3 is 0 Å². The van der Waals surface area contributed by atoms with Crippen LogP contribution in [0.4, 0.5) is 0 Å². The quantitative estimate of drug-likeness (QED) is 0.794. The molecule has 19 heavy (non-hydrogen) atoms. The molecule has 0 saturated carbocycles.